The lowest BCUT2D eigenvalue weighted by Gasteiger charge is -2.45. The van der Waals surface area contributed by atoms with Crippen LogP contribution in [0.3, 0.4) is 0 Å². The fourth-order valence-electron chi connectivity index (χ4n) is 4.41. The summed E-state index contributed by atoms with van der Waals surface area (Å²) < 4.78 is 15.7. The van der Waals surface area contributed by atoms with E-state index in [1.165, 1.54) is 4.68 Å². The van der Waals surface area contributed by atoms with Crippen LogP contribution in [-0.2, 0) is 12.1 Å². The Morgan fingerprint density at radius 2 is 1.97 bits per heavy atom. The minimum absolute atomic E-state index is 0.0482. The molecule has 9 nitrogen and oxygen atoms in total. The molecule has 0 aliphatic carbocycles. The molecule has 2 aromatic rings. The number of hydrogen-bond acceptors (Lipinski definition) is 7. The van der Waals surface area contributed by atoms with E-state index in [0.29, 0.717) is 24.7 Å². The highest BCUT2D eigenvalue weighted by molar-refractivity contribution is 5.80. The number of hydrogen-bond donors (Lipinski definition) is 2. The molecule has 4 heterocycles. The monoisotopic (exact) mass is 416 g/mol. The lowest BCUT2D eigenvalue weighted by molar-refractivity contribution is 0.0579. The predicted molar refractivity (Wildman–Crippen MR) is 111 cm³/mol. The van der Waals surface area contributed by atoms with Gasteiger partial charge in [-0.3, -0.25) is 0 Å². The molecule has 0 radical (unpaired) electrons. The van der Waals surface area contributed by atoms with E-state index < -0.39 is 11.4 Å². The number of likely N-dealkylation sites (N-methyl/N-ethyl adjacent to an activating group) is 1. The fourth-order valence-corrected chi connectivity index (χ4v) is 4.41. The summed E-state index contributed by atoms with van der Waals surface area (Å²) in [4.78, 5) is 25.7. The van der Waals surface area contributed by atoms with Crippen LogP contribution in [-0.4, -0.2) is 67.8 Å². The van der Waals surface area contributed by atoms with Crippen molar-refractivity contribution in [1.29, 1.82) is 0 Å². The van der Waals surface area contributed by atoms with Crippen molar-refractivity contribution < 1.29 is 9.18 Å². The summed E-state index contributed by atoms with van der Waals surface area (Å²) in [6.45, 7) is 12.6. The van der Waals surface area contributed by atoms with Crippen LogP contribution in [0.5, 0.6) is 0 Å². The number of piperazine rings is 1. The fraction of sp³-hybridized carbons (Fsp3) is 0.600. The Morgan fingerprint density at radius 3 is 2.67 bits per heavy atom. The molecule has 30 heavy (non-hydrogen) atoms. The van der Waals surface area contributed by atoms with Crippen molar-refractivity contribution in [1.82, 2.24) is 34.9 Å². The van der Waals surface area contributed by atoms with Crippen LogP contribution in [0, 0.1) is 12.7 Å². The van der Waals surface area contributed by atoms with Gasteiger partial charge in [0, 0.05) is 31.7 Å². The molecular formula is C20H29FN8O. The molecule has 0 saturated carbocycles. The summed E-state index contributed by atoms with van der Waals surface area (Å²) >= 11 is 0. The van der Waals surface area contributed by atoms with E-state index in [4.69, 9.17) is 0 Å². The summed E-state index contributed by atoms with van der Waals surface area (Å²) in [5, 5.41) is 11.0. The Labute approximate surface area is 175 Å². The first-order valence-electron chi connectivity index (χ1n) is 10.1. The molecule has 0 spiro atoms. The third-order valence-electron chi connectivity index (χ3n) is 5.89. The summed E-state index contributed by atoms with van der Waals surface area (Å²) in [7, 11) is 2.06. The van der Waals surface area contributed by atoms with Gasteiger partial charge in [-0.05, 0) is 41.7 Å². The normalized spacial score (nSPS) is 20.3. The highest BCUT2D eigenvalue weighted by Crippen LogP contribution is 2.37. The SMILES string of the molecule is Cc1ncc(F)c(Nc2nn(C(=O)N3CCN(C)CC3(C)C)c3c2CNC3(C)C)n1. The van der Waals surface area contributed by atoms with E-state index in [2.05, 4.69) is 51.5 Å². The summed E-state index contributed by atoms with van der Waals surface area (Å²) in [5.74, 6) is 0.358. The molecule has 0 aromatic carbocycles. The number of carbonyl (C=O) groups excluding carboxylic acids is 1. The zero-order valence-corrected chi connectivity index (χ0v) is 18.4. The number of nitrogens with zero attached hydrogens (tertiary/aromatic N) is 6. The number of halogens is 1. The topological polar surface area (TPSA) is 91.2 Å². The van der Waals surface area contributed by atoms with Crippen LogP contribution in [0.2, 0.25) is 0 Å². The summed E-state index contributed by atoms with van der Waals surface area (Å²) in [6, 6.07) is -0.173. The van der Waals surface area contributed by atoms with Gasteiger partial charge in [0.15, 0.2) is 17.5 Å². The molecule has 162 valence electrons. The van der Waals surface area contributed by atoms with Gasteiger partial charge in [-0.15, -0.1) is 5.10 Å². The van der Waals surface area contributed by atoms with E-state index in [1.807, 2.05) is 18.7 Å². The molecular weight excluding hydrogens is 387 g/mol. The van der Waals surface area contributed by atoms with Gasteiger partial charge in [0.1, 0.15) is 5.82 Å². The van der Waals surface area contributed by atoms with Gasteiger partial charge < -0.3 is 20.4 Å². The molecule has 2 aliphatic heterocycles. The highest BCUT2D eigenvalue weighted by Gasteiger charge is 2.42. The Balaban J connectivity index is 1.75. The van der Waals surface area contributed by atoms with Crippen molar-refractivity contribution in [2.24, 2.45) is 0 Å². The number of aromatic nitrogens is 4. The van der Waals surface area contributed by atoms with Crippen LogP contribution in [0.15, 0.2) is 6.20 Å². The third-order valence-corrected chi connectivity index (χ3v) is 5.89. The largest absolute Gasteiger partial charge is 0.345 e. The Hall–Kier alpha value is -2.59. The average Bonchev–Trinajstić information content (AvgIpc) is 3.16. The van der Waals surface area contributed by atoms with Crippen molar-refractivity contribution in [3.63, 3.8) is 0 Å². The van der Waals surface area contributed by atoms with Gasteiger partial charge in [-0.1, -0.05) is 0 Å². The van der Waals surface area contributed by atoms with Crippen LogP contribution in [0.25, 0.3) is 0 Å². The average molecular weight is 417 g/mol. The van der Waals surface area contributed by atoms with Crippen LogP contribution >= 0.6 is 0 Å². The van der Waals surface area contributed by atoms with Gasteiger partial charge >= 0.3 is 6.03 Å². The first-order chi connectivity index (χ1) is 14.0. The van der Waals surface area contributed by atoms with Gasteiger partial charge in [0.05, 0.1) is 23.0 Å². The molecule has 0 unspecified atom stereocenters. The van der Waals surface area contributed by atoms with Crippen LogP contribution in [0.1, 0.15) is 44.8 Å². The molecule has 1 fully saturated rings. The van der Waals surface area contributed by atoms with E-state index in [9.17, 15) is 9.18 Å². The zero-order valence-electron chi connectivity index (χ0n) is 18.4. The van der Waals surface area contributed by atoms with Crippen molar-refractivity contribution in [2.45, 2.75) is 52.2 Å². The third kappa shape index (κ3) is 3.43. The molecule has 10 heteroatoms. The number of anilines is 2. The maximum atomic E-state index is 14.2. The van der Waals surface area contributed by atoms with Crippen molar-refractivity contribution >= 4 is 17.7 Å². The lowest BCUT2D eigenvalue weighted by Crippen LogP contribution is -2.61. The maximum Gasteiger partial charge on any atom is 0.345 e. The number of aryl methyl sites for hydroxylation is 1. The first kappa shape index (κ1) is 20.7. The second kappa shape index (κ2) is 6.98. The Morgan fingerprint density at radius 1 is 1.23 bits per heavy atom. The predicted octanol–water partition coefficient (Wildman–Crippen LogP) is 2.20. The summed E-state index contributed by atoms with van der Waals surface area (Å²) in [6.07, 6.45) is 1.13. The second-order valence-electron chi connectivity index (χ2n) is 9.29. The quantitative estimate of drug-likeness (QED) is 0.775. The van der Waals surface area contributed by atoms with Crippen molar-refractivity contribution in [3.8, 4) is 0 Å². The number of carbonyl (C=O) groups is 1. The van der Waals surface area contributed by atoms with Crippen LogP contribution < -0.4 is 10.6 Å². The lowest BCUT2D eigenvalue weighted by atomic mass is 9.99. The van der Waals surface area contributed by atoms with Gasteiger partial charge in [0.2, 0.25) is 0 Å². The van der Waals surface area contributed by atoms with Crippen molar-refractivity contribution in [3.05, 3.63) is 29.1 Å². The van der Waals surface area contributed by atoms with E-state index in [0.717, 1.165) is 30.5 Å². The molecule has 2 aliphatic rings. The second-order valence-corrected chi connectivity index (χ2v) is 9.29. The Bertz CT molecular complexity index is 999. The smallest absolute Gasteiger partial charge is 0.321 e. The molecule has 2 N–H and O–H groups in total. The number of nitrogens with one attached hydrogen (secondary N) is 2. The molecule has 0 atom stereocenters. The van der Waals surface area contributed by atoms with Gasteiger partial charge in [-0.2, -0.15) is 4.68 Å². The van der Waals surface area contributed by atoms with Crippen molar-refractivity contribution in [2.75, 3.05) is 32.0 Å². The van der Waals surface area contributed by atoms with Crippen LogP contribution in [0.4, 0.5) is 20.8 Å². The molecule has 0 bridgehead atoms. The minimum atomic E-state index is -0.569. The maximum absolute atomic E-state index is 14.2. The molecule has 1 saturated heterocycles. The number of fused-ring (bicyclic) bond motifs is 1. The van der Waals surface area contributed by atoms with E-state index in [-0.39, 0.29) is 17.4 Å². The van der Waals surface area contributed by atoms with Gasteiger partial charge in [0.25, 0.3) is 0 Å². The highest BCUT2D eigenvalue weighted by atomic mass is 19.1. The number of amides is 1. The molecule has 4 rings (SSSR count). The zero-order chi connectivity index (χ0) is 21.8. The van der Waals surface area contributed by atoms with E-state index >= 15 is 0 Å². The Kier molecular flexibility index (Phi) is 4.81. The summed E-state index contributed by atoms with van der Waals surface area (Å²) in [5.41, 5.74) is 0.851. The van der Waals surface area contributed by atoms with E-state index in [1.54, 1.807) is 6.92 Å². The number of rotatable bonds is 2. The van der Waals surface area contributed by atoms with Gasteiger partial charge in [-0.25, -0.2) is 19.2 Å². The molecule has 2 aromatic heterocycles. The minimum Gasteiger partial charge on any atom is -0.321 e. The molecule has 1 amide bonds. The first-order valence-corrected chi connectivity index (χ1v) is 10.1. The standard InChI is InChI=1S/C20H29FN8O/c1-12-22-10-14(21)17(24-12)25-16-13-9-23-20(4,5)15(13)29(26-16)18(30)28-8-7-27(6)11-19(28,2)3/h10,23H,7-9,11H2,1-6H3,(H,22,24,25,26).